The third kappa shape index (κ3) is 5.15. The lowest BCUT2D eigenvalue weighted by Crippen LogP contribution is -2.21. The van der Waals surface area contributed by atoms with E-state index in [-0.39, 0.29) is 0 Å². The molecule has 0 saturated carbocycles. The number of hydrogen-bond donors (Lipinski definition) is 0. The average molecular weight is 185 g/mol. The molecule has 13 heavy (non-hydrogen) atoms. The first-order valence-electron chi connectivity index (χ1n) is 4.49. The summed E-state index contributed by atoms with van der Waals surface area (Å²) < 4.78 is 4.74. The van der Waals surface area contributed by atoms with E-state index in [2.05, 4.69) is 4.99 Å². The molecule has 0 heterocycles. The Morgan fingerprint density at radius 3 is 2.69 bits per heavy atom. The Morgan fingerprint density at radius 1 is 1.54 bits per heavy atom. The minimum Gasteiger partial charge on any atom is -0.464 e. The first kappa shape index (κ1) is 11.8. The highest BCUT2D eigenvalue weighted by molar-refractivity contribution is 5.76. The maximum Gasteiger partial charge on any atom is 0.331 e. The molecule has 0 saturated heterocycles. The second kappa shape index (κ2) is 7.50. The third-order valence-corrected chi connectivity index (χ3v) is 1.60. The molecule has 0 aliphatic heterocycles. The Morgan fingerprint density at radius 2 is 2.23 bits per heavy atom. The molecule has 0 spiro atoms. The van der Waals surface area contributed by atoms with E-state index in [9.17, 15) is 9.59 Å². The van der Waals surface area contributed by atoms with Gasteiger partial charge in [-0.15, -0.1) is 0 Å². The van der Waals surface area contributed by atoms with Gasteiger partial charge in [0.15, 0.2) is 6.04 Å². The van der Waals surface area contributed by atoms with Crippen LogP contribution in [0.1, 0.15) is 33.1 Å². The predicted octanol–water partition coefficient (Wildman–Crippen LogP) is 1.44. The summed E-state index contributed by atoms with van der Waals surface area (Å²) in [6.45, 7) is 4.04. The maximum absolute atomic E-state index is 11.1. The number of carbonyl (C=O) groups is 1. The maximum atomic E-state index is 11.1. The van der Waals surface area contributed by atoms with Crippen molar-refractivity contribution < 1.29 is 14.3 Å². The number of isocyanates is 1. The molecule has 0 aliphatic carbocycles. The number of carbonyl (C=O) groups excluding carboxylic acids is 2. The number of nitrogens with zero attached hydrogens (tertiary/aromatic N) is 1. The van der Waals surface area contributed by atoms with Crippen LogP contribution in [0.2, 0.25) is 0 Å². The molecule has 0 rings (SSSR count). The highest BCUT2D eigenvalue weighted by Gasteiger charge is 2.17. The lowest BCUT2D eigenvalue weighted by Gasteiger charge is -2.07. The van der Waals surface area contributed by atoms with Crippen LogP contribution in [0.5, 0.6) is 0 Å². The molecular formula is C9H15NO3. The number of unbranched alkanes of at least 4 members (excludes halogenated alkanes) is 1. The van der Waals surface area contributed by atoms with E-state index in [1.54, 1.807) is 6.92 Å². The van der Waals surface area contributed by atoms with E-state index < -0.39 is 12.0 Å². The molecule has 4 heteroatoms. The minimum absolute atomic E-state index is 0.315. The van der Waals surface area contributed by atoms with Crippen molar-refractivity contribution in [2.75, 3.05) is 6.61 Å². The standard InChI is InChI=1S/C9H15NO3/c1-3-5-6-8(10-7-11)9(12)13-4-2/h8H,3-6H2,1-2H3. The van der Waals surface area contributed by atoms with E-state index in [0.717, 1.165) is 12.8 Å². The molecule has 4 nitrogen and oxygen atoms in total. The van der Waals surface area contributed by atoms with Crippen molar-refractivity contribution in [3.8, 4) is 0 Å². The van der Waals surface area contributed by atoms with Crippen molar-refractivity contribution in [1.29, 1.82) is 0 Å². The van der Waals surface area contributed by atoms with Gasteiger partial charge in [-0.2, -0.15) is 4.99 Å². The van der Waals surface area contributed by atoms with Gasteiger partial charge in [0.2, 0.25) is 6.08 Å². The lowest BCUT2D eigenvalue weighted by molar-refractivity contribution is -0.144. The Hall–Kier alpha value is -1.15. The normalized spacial score (nSPS) is 11.5. The topological polar surface area (TPSA) is 55.7 Å². The molecular weight excluding hydrogens is 170 g/mol. The van der Waals surface area contributed by atoms with Crippen molar-refractivity contribution in [2.45, 2.75) is 39.2 Å². The van der Waals surface area contributed by atoms with E-state index in [0.29, 0.717) is 13.0 Å². The van der Waals surface area contributed by atoms with Crippen molar-refractivity contribution >= 4 is 12.0 Å². The van der Waals surface area contributed by atoms with Crippen LogP contribution in [0.25, 0.3) is 0 Å². The smallest absolute Gasteiger partial charge is 0.331 e. The second-order valence-corrected chi connectivity index (χ2v) is 2.63. The average Bonchev–Trinajstić information content (AvgIpc) is 2.12. The van der Waals surface area contributed by atoms with Crippen LogP contribution in [0, 0.1) is 0 Å². The quantitative estimate of drug-likeness (QED) is 0.357. The zero-order valence-electron chi connectivity index (χ0n) is 8.08. The molecule has 1 atom stereocenters. The van der Waals surface area contributed by atoms with Crippen LogP contribution < -0.4 is 0 Å². The van der Waals surface area contributed by atoms with Crippen molar-refractivity contribution in [3.05, 3.63) is 0 Å². The van der Waals surface area contributed by atoms with Crippen LogP contribution in [0.15, 0.2) is 4.99 Å². The molecule has 0 aromatic heterocycles. The SMILES string of the molecule is CCCCC(N=C=O)C(=O)OCC. The van der Waals surface area contributed by atoms with E-state index in [1.807, 2.05) is 6.92 Å². The van der Waals surface area contributed by atoms with Crippen molar-refractivity contribution in [3.63, 3.8) is 0 Å². The van der Waals surface area contributed by atoms with Gasteiger partial charge in [0.25, 0.3) is 0 Å². The fourth-order valence-corrected chi connectivity index (χ4v) is 0.935. The molecule has 0 aliphatic rings. The van der Waals surface area contributed by atoms with Gasteiger partial charge < -0.3 is 4.74 Å². The van der Waals surface area contributed by atoms with Crippen LogP contribution >= 0.6 is 0 Å². The number of aliphatic imine (C=N–C) groups is 1. The summed E-state index contributed by atoms with van der Waals surface area (Å²) in [5.74, 6) is -0.431. The summed E-state index contributed by atoms with van der Waals surface area (Å²) in [7, 11) is 0. The number of esters is 1. The molecule has 1 unspecified atom stereocenters. The Balaban J connectivity index is 4.06. The largest absolute Gasteiger partial charge is 0.464 e. The number of rotatable bonds is 6. The second-order valence-electron chi connectivity index (χ2n) is 2.63. The lowest BCUT2D eigenvalue weighted by atomic mass is 10.1. The molecule has 0 N–H and O–H groups in total. The molecule has 0 amide bonds. The molecule has 0 radical (unpaired) electrons. The molecule has 0 fully saturated rings. The minimum atomic E-state index is -0.655. The van der Waals surface area contributed by atoms with Crippen LogP contribution in [-0.4, -0.2) is 24.7 Å². The molecule has 0 aromatic carbocycles. The molecule has 0 aromatic rings. The Bertz CT molecular complexity index is 197. The fraction of sp³-hybridized carbons (Fsp3) is 0.778. The van der Waals surface area contributed by atoms with E-state index >= 15 is 0 Å². The summed E-state index contributed by atoms with van der Waals surface area (Å²) in [6.07, 6.45) is 3.77. The van der Waals surface area contributed by atoms with Gasteiger partial charge in [0.05, 0.1) is 6.61 Å². The summed E-state index contributed by atoms with van der Waals surface area (Å²) in [5.41, 5.74) is 0. The number of ether oxygens (including phenoxy) is 1. The van der Waals surface area contributed by atoms with Crippen LogP contribution in [-0.2, 0) is 14.3 Å². The molecule has 0 bridgehead atoms. The first-order valence-corrected chi connectivity index (χ1v) is 4.49. The Labute approximate surface area is 78.0 Å². The first-order chi connectivity index (χ1) is 6.26. The van der Waals surface area contributed by atoms with Gasteiger partial charge in [-0.3, -0.25) is 0 Å². The van der Waals surface area contributed by atoms with Gasteiger partial charge in [-0.1, -0.05) is 19.8 Å². The van der Waals surface area contributed by atoms with Crippen molar-refractivity contribution in [1.82, 2.24) is 0 Å². The van der Waals surface area contributed by atoms with E-state index in [1.165, 1.54) is 6.08 Å². The van der Waals surface area contributed by atoms with Gasteiger partial charge in [-0.25, -0.2) is 9.59 Å². The van der Waals surface area contributed by atoms with E-state index in [4.69, 9.17) is 4.74 Å². The highest BCUT2D eigenvalue weighted by Crippen LogP contribution is 2.05. The molecule has 74 valence electrons. The highest BCUT2D eigenvalue weighted by atomic mass is 16.5. The monoisotopic (exact) mass is 185 g/mol. The summed E-state index contributed by atoms with van der Waals surface area (Å²) in [5, 5.41) is 0. The fourth-order valence-electron chi connectivity index (χ4n) is 0.935. The number of hydrogen-bond acceptors (Lipinski definition) is 4. The van der Waals surface area contributed by atoms with Gasteiger partial charge in [0.1, 0.15) is 0 Å². The van der Waals surface area contributed by atoms with Gasteiger partial charge >= 0.3 is 5.97 Å². The summed E-state index contributed by atoms with van der Waals surface area (Å²) >= 11 is 0. The summed E-state index contributed by atoms with van der Waals surface area (Å²) in [4.78, 5) is 24.5. The third-order valence-electron chi connectivity index (χ3n) is 1.60. The zero-order valence-corrected chi connectivity index (χ0v) is 8.08. The van der Waals surface area contributed by atoms with Crippen molar-refractivity contribution in [2.24, 2.45) is 4.99 Å². The van der Waals surface area contributed by atoms with Gasteiger partial charge in [0, 0.05) is 0 Å². The van der Waals surface area contributed by atoms with Crippen LogP contribution in [0.3, 0.4) is 0 Å². The zero-order chi connectivity index (χ0) is 10.1. The summed E-state index contributed by atoms with van der Waals surface area (Å²) in [6, 6.07) is -0.655. The van der Waals surface area contributed by atoms with Gasteiger partial charge in [-0.05, 0) is 13.3 Å². The Kier molecular flexibility index (Phi) is 6.83. The van der Waals surface area contributed by atoms with Crippen LogP contribution in [0.4, 0.5) is 0 Å². The predicted molar refractivity (Wildman–Crippen MR) is 48.1 cm³/mol.